The third kappa shape index (κ3) is 1.33. The van der Waals surface area contributed by atoms with Crippen molar-refractivity contribution in [1.82, 2.24) is 0 Å². The van der Waals surface area contributed by atoms with Gasteiger partial charge in [0.15, 0.2) is 11.3 Å². The van der Waals surface area contributed by atoms with Gasteiger partial charge in [0.1, 0.15) is 0 Å². The number of phenolic OH excluding ortho intramolecular Hbond substituents is 1. The molecule has 3 nitrogen and oxygen atoms in total. The van der Waals surface area contributed by atoms with Crippen LogP contribution in [0.3, 0.4) is 0 Å². The highest BCUT2D eigenvalue weighted by atomic mass is 16.6. The van der Waals surface area contributed by atoms with E-state index in [-0.39, 0.29) is 5.75 Å². The van der Waals surface area contributed by atoms with Crippen LogP contribution in [-0.4, -0.2) is 11.7 Å². The minimum Gasteiger partial charge on any atom is -0.504 e. The zero-order chi connectivity index (χ0) is 9.26. The minimum absolute atomic E-state index is 0.142. The van der Waals surface area contributed by atoms with E-state index in [9.17, 15) is 5.11 Å². The Morgan fingerprint density at radius 3 is 3.00 bits per heavy atom. The molecule has 0 bridgehead atoms. The molecule has 1 heterocycles. The van der Waals surface area contributed by atoms with Crippen molar-refractivity contribution < 1.29 is 14.3 Å². The van der Waals surface area contributed by atoms with Crippen molar-refractivity contribution in [2.45, 2.75) is 6.92 Å². The maximum absolute atomic E-state index is 9.40. The number of furan rings is 1. The summed E-state index contributed by atoms with van der Waals surface area (Å²) in [7, 11) is 0. The van der Waals surface area contributed by atoms with E-state index in [1.165, 1.54) is 0 Å². The van der Waals surface area contributed by atoms with Crippen LogP contribution in [0, 0.1) is 0 Å². The first-order chi connectivity index (χ1) is 6.31. The number of hydrogen-bond donors (Lipinski definition) is 1. The maximum Gasteiger partial charge on any atom is 0.285 e. The van der Waals surface area contributed by atoms with Crippen molar-refractivity contribution in [3.63, 3.8) is 0 Å². The lowest BCUT2D eigenvalue weighted by molar-refractivity contribution is 0.263. The number of ether oxygens (including phenoxy) is 1. The van der Waals surface area contributed by atoms with Gasteiger partial charge in [-0.05, 0) is 13.0 Å². The molecular weight excluding hydrogens is 168 g/mol. The number of rotatable bonds is 2. The summed E-state index contributed by atoms with van der Waals surface area (Å²) in [6.45, 7) is 2.44. The molecule has 2 aromatic rings. The smallest absolute Gasteiger partial charge is 0.285 e. The van der Waals surface area contributed by atoms with Gasteiger partial charge >= 0.3 is 0 Å². The van der Waals surface area contributed by atoms with Crippen molar-refractivity contribution in [3.8, 4) is 11.7 Å². The highest BCUT2D eigenvalue weighted by molar-refractivity contribution is 5.83. The topological polar surface area (TPSA) is 42.6 Å². The molecule has 0 fully saturated rings. The van der Waals surface area contributed by atoms with Crippen molar-refractivity contribution in [1.29, 1.82) is 0 Å². The summed E-state index contributed by atoms with van der Waals surface area (Å²) in [6.07, 6.45) is 0. The molecule has 1 aromatic carbocycles. The molecule has 68 valence electrons. The third-order valence-corrected chi connectivity index (χ3v) is 1.79. The number of fused-ring (bicyclic) bond motifs is 1. The molecule has 1 aromatic heterocycles. The number of hydrogen-bond acceptors (Lipinski definition) is 3. The molecule has 0 aliphatic rings. The highest BCUT2D eigenvalue weighted by Crippen LogP contribution is 2.30. The Morgan fingerprint density at radius 1 is 1.46 bits per heavy atom. The van der Waals surface area contributed by atoms with Gasteiger partial charge in [-0.2, -0.15) is 0 Å². The zero-order valence-electron chi connectivity index (χ0n) is 7.28. The monoisotopic (exact) mass is 178 g/mol. The summed E-state index contributed by atoms with van der Waals surface area (Å²) in [5.74, 6) is 0.586. The largest absolute Gasteiger partial charge is 0.504 e. The maximum atomic E-state index is 9.40. The molecule has 0 spiro atoms. The summed E-state index contributed by atoms with van der Waals surface area (Å²) < 4.78 is 10.4. The van der Waals surface area contributed by atoms with E-state index in [2.05, 4.69) is 0 Å². The van der Waals surface area contributed by atoms with E-state index in [1.54, 1.807) is 18.2 Å². The van der Waals surface area contributed by atoms with Crippen LogP contribution < -0.4 is 4.74 Å². The van der Waals surface area contributed by atoms with Crippen LogP contribution in [-0.2, 0) is 0 Å². The first-order valence-electron chi connectivity index (χ1n) is 4.15. The zero-order valence-corrected chi connectivity index (χ0v) is 7.28. The summed E-state index contributed by atoms with van der Waals surface area (Å²) in [4.78, 5) is 0. The molecule has 0 unspecified atom stereocenters. The van der Waals surface area contributed by atoms with Gasteiger partial charge in [0.05, 0.1) is 6.61 Å². The van der Waals surface area contributed by atoms with E-state index in [1.807, 2.05) is 13.0 Å². The summed E-state index contributed by atoms with van der Waals surface area (Å²) in [5, 5.41) is 10.3. The van der Waals surface area contributed by atoms with Crippen molar-refractivity contribution in [2.24, 2.45) is 0 Å². The lowest BCUT2D eigenvalue weighted by atomic mass is 10.2. The molecule has 2 rings (SSSR count). The predicted octanol–water partition coefficient (Wildman–Crippen LogP) is 2.54. The lowest BCUT2D eigenvalue weighted by Crippen LogP contribution is -1.87. The van der Waals surface area contributed by atoms with Gasteiger partial charge in [-0.3, -0.25) is 0 Å². The first-order valence-corrected chi connectivity index (χ1v) is 4.15. The fourth-order valence-corrected chi connectivity index (χ4v) is 1.24. The Hall–Kier alpha value is -1.64. The van der Waals surface area contributed by atoms with Gasteiger partial charge in [0.25, 0.3) is 5.95 Å². The average molecular weight is 178 g/mol. The van der Waals surface area contributed by atoms with Gasteiger partial charge in [0, 0.05) is 11.5 Å². The molecule has 0 saturated heterocycles. The molecule has 0 aliphatic heterocycles. The number of aromatic hydroxyl groups is 1. The minimum atomic E-state index is 0.142. The van der Waals surface area contributed by atoms with E-state index in [0.717, 1.165) is 5.39 Å². The predicted molar refractivity (Wildman–Crippen MR) is 49.0 cm³/mol. The van der Waals surface area contributed by atoms with Crippen LogP contribution in [0.2, 0.25) is 0 Å². The molecule has 0 aliphatic carbocycles. The van der Waals surface area contributed by atoms with Crippen molar-refractivity contribution >= 4 is 11.0 Å². The van der Waals surface area contributed by atoms with Crippen LogP contribution in [0.4, 0.5) is 0 Å². The molecule has 0 saturated carbocycles. The van der Waals surface area contributed by atoms with Gasteiger partial charge < -0.3 is 14.3 Å². The van der Waals surface area contributed by atoms with Crippen LogP contribution in [0.1, 0.15) is 6.92 Å². The Morgan fingerprint density at radius 2 is 2.31 bits per heavy atom. The fourth-order valence-electron chi connectivity index (χ4n) is 1.24. The second kappa shape index (κ2) is 3.01. The second-order valence-corrected chi connectivity index (χ2v) is 2.69. The molecule has 1 N–H and O–H groups in total. The second-order valence-electron chi connectivity index (χ2n) is 2.69. The Bertz CT molecular complexity index is 417. The molecular formula is C10H10O3. The number of benzene rings is 1. The fraction of sp³-hybridized carbons (Fsp3) is 0.200. The van der Waals surface area contributed by atoms with Crippen LogP contribution in [0.25, 0.3) is 11.0 Å². The molecule has 0 amide bonds. The SMILES string of the molecule is CCOc1cc2cccc(O)c2o1. The van der Waals surface area contributed by atoms with E-state index < -0.39 is 0 Å². The van der Waals surface area contributed by atoms with Gasteiger partial charge in [-0.1, -0.05) is 12.1 Å². The van der Waals surface area contributed by atoms with Crippen LogP contribution in [0.5, 0.6) is 11.7 Å². The highest BCUT2D eigenvalue weighted by Gasteiger charge is 2.06. The first kappa shape index (κ1) is 7.98. The van der Waals surface area contributed by atoms with E-state index >= 15 is 0 Å². The summed E-state index contributed by atoms with van der Waals surface area (Å²) in [5.41, 5.74) is 0.478. The van der Waals surface area contributed by atoms with E-state index in [0.29, 0.717) is 18.1 Å². The number of phenols is 1. The molecule has 0 radical (unpaired) electrons. The van der Waals surface area contributed by atoms with Gasteiger partial charge in [0.2, 0.25) is 0 Å². The van der Waals surface area contributed by atoms with E-state index in [4.69, 9.17) is 9.15 Å². The van der Waals surface area contributed by atoms with Crippen LogP contribution >= 0.6 is 0 Å². The van der Waals surface area contributed by atoms with Crippen LogP contribution in [0.15, 0.2) is 28.7 Å². The Kier molecular flexibility index (Phi) is 1.85. The van der Waals surface area contributed by atoms with Gasteiger partial charge in [-0.15, -0.1) is 0 Å². The molecule has 3 heteroatoms. The summed E-state index contributed by atoms with van der Waals surface area (Å²) >= 11 is 0. The van der Waals surface area contributed by atoms with Crippen molar-refractivity contribution in [2.75, 3.05) is 6.61 Å². The molecule has 0 atom stereocenters. The van der Waals surface area contributed by atoms with Crippen molar-refractivity contribution in [3.05, 3.63) is 24.3 Å². The summed E-state index contributed by atoms with van der Waals surface area (Å²) in [6, 6.07) is 6.98. The standard InChI is InChI=1S/C10H10O3/c1-2-12-9-6-7-4-3-5-8(11)10(7)13-9/h3-6,11H,2H2,1H3. The number of para-hydroxylation sites is 1. The Balaban J connectivity index is 2.55. The average Bonchev–Trinajstić information content (AvgIpc) is 2.49. The molecule has 13 heavy (non-hydrogen) atoms. The third-order valence-electron chi connectivity index (χ3n) is 1.79. The Labute approximate surface area is 75.5 Å². The quantitative estimate of drug-likeness (QED) is 0.768. The normalized spacial score (nSPS) is 10.5. The lowest BCUT2D eigenvalue weighted by Gasteiger charge is -1.94. The van der Waals surface area contributed by atoms with Gasteiger partial charge in [-0.25, -0.2) is 0 Å².